The maximum Gasteiger partial charge on any atom is 0.243 e. The van der Waals surface area contributed by atoms with E-state index in [9.17, 15) is 9.59 Å². The van der Waals surface area contributed by atoms with Crippen LogP contribution in [0.3, 0.4) is 0 Å². The van der Waals surface area contributed by atoms with Crippen molar-refractivity contribution in [2.45, 2.75) is 72.0 Å². The van der Waals surface area contributed by atoms with Crippen LogP contribution in [-0.4, -0.2) is 28.8 Å². The summed E-state index contributed by atoms with van der Waals surface area (Å²) in [6.07, 6.45) is 2.39. The molecular formula is C25H32Cl2N2O2. The zero-order chi connectivity index (χ0) is 23.0. The lowest BCUT2D eigenvalue weighted by atomic mass is 10.0. The number of rotatable bonds is 10. The predicted molar refractivity (Wildman–Crippen MR) is 129 cm³/mol. The number of halogens is 2. The second kappa shape index (κ2) is 12.1. The van der Waals surface area contributed by atoms with Crippen molar-refractivity contribution in [2.24, 2.45) is 0 Å². The SMILES string of the molecule is CCc1ccc(CCC(=O)N(Cc2c(Cl)cccc2Cl)C(CC)C(=O)NC(C)C)cc1. The minimum atomic E-state index is -0.593. The monoisotopic (exact) mass is 462 g/mol. The third-order valence-electron chi connectivity index (χ3n) is 5.27. The number of carbonyl (C=O) groups excluding carboxylic acids is 2. The van der Waals surface area contributed by atoms with Gasteiger partial charge in [0.2, 0.25) is 11.8 Å². The lowest BCUT2D eigenvalue weighted by Gasteiger charge is -2.31. The quantitative estimate of drug-likeness (QED) is 0.483. The number of aryl methyl sites for hydroxylation is 2. The van der Waals surface area contributed by atoms with Crippen LogP contribution in [0.15, 0.2) is 42.5 Å². The zero-order valence-corrected chi connectivity index (χ0v) is 20.3. The Morgan fingerprint density at radius 2 is 1.55 bits per heavy atom. The number of hydrogen-bond donors (Lipinski definition) is 1. The third-order valence-corrected chi connectivity index (χ3v) is 5.97. The Morgan fingerprint density at radius 3 is 2.06 bits per heavy atom. The van der Waals surface area contributed by atoms with Crippen molar-refractivity contribution in [1.29, 1.82) is 0 Å². The number of carbonyl (C=O) groups is 2. The van der Waals surface area contributed by atoms with Gasteiger partial charge in [-0.15, -0.1) is 0 Å². The smallest absolute Gasteiger partial charge is 0.243 e. The third kappa shape index (κ3) is 7.26. The molecule has 1 N–H and O–H groups in total. The van der Waals surface area contributed by atoms with Gasteiger partial charge in [-0.05, 0) is 56.4 Å². The first-order chi connectivity index (χ1) is 14.8. The average Bonchev–Trinajstić information content (AvgIpc) is 2.73. The van der Waals surface area contributed by atoms with Gasteiger partial charge in [-0.3, -0.25) is 9.59 Å². The molecule has 2 aromatic carbocycles. The van der Waals surface area contributed by atoms with Crippen molar-refractivity contribution >= 4 is 35.0 Å². The van der Waals surface area contributed by atoms with E-state index in [0.29, 0.717) is 34.9 Å². The van der Waals surface area contributed by atoms with Gasteiger partial charge in [0.1, 0.15) is 6.04 Å². The van der Waals surface area contributed by atoms with Crippen molar-refractivity contribution in [2.75, 3.05) is 0 Å². The van der Waals surface area contributed by atoms with Gasteiger partial charge >= 0.3 is 0 Å². The summed E-state index contributed by atoms with van der Waals surface area (Å²) in [7, 11) is 0. The fourth-order valence-electron chi connectivity index (χ4n) is 3.49. The summed E-state index contributed by atoms with van der Waals surface area (Å²) >= 11 is 12.7. The molecule has 0 saturated carbocycles. The molecule has 2 amide bonds. The van der Waals surface area contributed by atoms with E-state index in [1.54, 1.807) is 23.1 Å². The van der Waals surface area contributed by atoms with Crippen molar-refractivity contribution < 1.29 is 9.59 Å². The average molecular weight is 463 g/mol. The van der Waals surface area contributed by atoms with Gasteiger partial charge in [0, 0.05) is 34.6 Å². The summed E-state index contributed by atoms with van der Waals surface area (Å²) in [6, 6.07) is 12.9. The molecule has 0 aliphatic carbocycles. The minimum absolute atomic E-state index is 0.0144. The van der Waals surface area contributed by atoms with Crippen molar-refractivity contribution in [3.05, 3.63) is 69.2 Å². The van der Waals surface area contributed by atoms with E-state index in [1.165, 1.54) is 5.56 Å². The van der Waals surface area contributed by atoms with Crippen LogP contribution in [0.5, 0.6) is 0 Å². The largest absolute Gasteiger partial charge is 0.352 e. The number of nitrogens with one attached hydrogen (secondary N) is 1. The van der Waals surface area contributed by atoms with Crippen molar-refractivity contribution in [3.8, 4) is 0 Å². The molecule has 0 bridgehead atoms. The molecule has 0 aromatic heterocycles. The second-order valence-corrected chi connectivity index (χ2v) is 8.79. The van der Waals surface area contributed by atoms with E-state index in [4.69, 9.17) is 23.2 Å². The molecule has 0 aliphatic heterocycles. The molecule has 6 heteroatoms. The molecule has 4 nitrogen and oxygen atoms in total. The second-order valence-electron chi connectivity index (χ2n) is 7.98. The van der Waals surface area contributed by atoms with Gasteiger partial charge < -0.3 is 10.2 Å². The standard InChI is InChI=1S/C25H32Cl2N2O2/c1-5-18-10-12-19(13-11-18)14-15-24(30)29(23(6-2)25(31)28-17(3)4)16-20-21(26)8-7-9-22(20)27/h7-13,17,23H,5-6,14-16H2,1-4H3,(H,28,31). The van der Waals surface area contributed by atoms with E-state index in [2.05, 4.69) is 36.5 Å². The summed E-state index contributed by atoms with van der Waals surface area (Å²) < 4.78 is 0. The molecule has 0 heterocycles. The highest BCUT2D eigenvalue weighted by Gasteiger charge is 2.29. The maximum atomic E-state index is 13.3. The molecule has 168 valence electrons. The summed E-state index contributed by atoms with van der Waals surface area (Å²) in [5.74, 6) is -0.261. The van der Waals surface area contributed by atoms with E-state index >= 15 is 0 Å². The van der Waals surface area contributed by atoms with Gasteiger partial charge in [0.25, 0.3) is 0 Å². The fourth-order valence-corrected chi connectivity index (χ4v) is 4.01. The molecule has 1 unspecified atom stereocenters. The Hall–Kier alpha value is -2.04. The van der Waals surface area contributed by atoms with Gasteiger partial charge in [0.15, 0.2) is 0 Å². The highest BCUT2D eigenvalue weighted by Crippen LogP contribution is 2.27. The molecular weight excluding hydrogens is 431 g/mol. The highest BCUT2D eigenvalue weighted by molar-refractivity contribution is 6.36. The first-order valence-corrected chi connectivity index (χ1v) is 11.6. The topological polar surface area (TPSA) is 49.4 Å². The Bertz CT molecular complexity index is 861. The molecule has 0 saturated heterocycles. The van der Waals surface area contributed by atoms with Gasteiger partial charge in [-0.25, -0.2) is 0 Å². The zero-order valence-electron chi connectivity index (χ0n) is 18.8. The minimum Gasteiger partial charge on any atom is -0.352 e. The summed E-state index contributed by atoms with van der Waals surface area (Å²) in [5, 5.41) is 3.90. The van der Waals surface area contributed by atoms with Gasteiger partial charge in [-0.2, -0.15) is 0 Å². The molecule has 0 fully saturated rings. The van der Waals surface area contributed by atoms with Gasteiger partial charge in [0.05, 0.1) is 0 Å². The summed E-state index contributed by atoms with van der Waals surface area (Å²) in [6.45, 7) is 8.02. The van der Waals surface area contributed by atoms with Gasteiger partial charge in [-0.1, -0.05) is 67.4 Å². The first kappa shape index (κ1) is 25.2. The summed E-state index contributed by atoms with van der Waals surface area (Å²) in [4.78, 5) is 27.8. The Kier molecular flexibility index (Phi) is 9.86. The van der Waals surface area contributed by atoms with Crippen molar-refractivity contribution in [1.82, 2.24) is 10.2 Å². The fraction of sp³-hybridized carbons (Fsp3) is 0.440. The number of nitrogens with zero attached hydrogens (tertiary/aromatic N) is 1. The molecule has 1 atom stereocenters. The lowest BCUT2D eigenvalue weighted by molar-refractivity contribution is -0.141. The van der Waals surface area contributed by atoms with Crippen molar-refractivity contribution in [3.63, 3.8) is 0 Å². The molecule has 0 radical (unpaired) electrons. The van der Waals surface area contributed by atoms with Crippen LogP contribution in [0.1, 0.15) is 57.2 Å². The normalized spacial score (nSPS) is 12.0. The van der Waals surface area contributed by atoms with Crippen LogP contribution in [0, 0.1) is 0 Å². The van der Waals surface area contributed by atoms with Crippen LogP contribution < -0.4 is 5.32 Å². The predicted octanol–water partition coefficient (Wildman–Crippen LogP) is 5.82. The first-order valence-electron chi connectivity index (χ1n) is 10.9. The van der Waals surface area contributed by atoms with E-state index in [-0.39, 0.29) is 24.4 Å². The number of amides is 2. The number of hydrogen-bond acceptors (Lipinski definition) is 2. The number of benzene rings is 2. The molecule has 0 spiro atoms. The van der Waals surface area contributed by atoms with Crippen LogP contribution in [0.2, 0.25) is 10.0 Å². The summed E-state index contributed by atoms with van der Waals surface area (Å²) in [5.41, 5.74) is 3.02. The van der Waals surface area contributed by atoms with E-state index in [0.717, 1.165) is 12.0 Å². The van der Waals surface area contributed by atoms with E-state index in [1.807, 2.05) is 20.8 Å². The Morgan fingerprint density at radius 1 is 0.968 bits per heavy atom. The highest BCUT2D eigenvalue weighted by atomic mass is 35.5. The van der Waals surface area contributed by atoms with Crippen LogP contribution >= 0.6 is 23.2 Å². The van der Waals surface area contributed by atoms with E-state index < -0.39 is 6.04 Å². The van der Waals surface area contributed by atoms with Crippen LogP contribution in [0.4, 0.5) is 0 Å². The molecule has 2 aromatic rings. The Labute approximate surface area is 195 Å². The Balaban J connectivity index is 2.25. The molecule has 31 heavy (non-hydrogen) atoms. The van der Waals surface area contributed by atoms with Crippen LogP contribution in [0.25, 0.3) is 0 Å². The molecule has 2 rings (SSSR count). The molecule has 0 aliphatic rings. The lowest BCUT2D eigenvalue weighted by Crippen LogP contribution is -2.50. The van der Waals surface area contributed by atoms with Crippen LogP contribution in [-0.2, 0) is 29.0 Å². The maximum absolute atomic E-state index is 13.3.